The topological polar surface area (TPSA) is 64.6 Å². The second-order valence-corrected chi connectivity index (χ2v) is 10.3. The van der Waals surface area contributed by atoms with E-state index in [0.717, 1.165) is 22.3 Å². The van der Waals surface area contributed by atoms with Crippen LogP contribution < -0.4 is 5.32 Å². The highest BCUT2D eigenvalue weighted by Crippen LogP contribution is 2.21. The lowest BCUT2D eigenvalue weighted by molar-refractivity contribution is -0.149. The lowest BCUT2D eigenvalue weighted by Crippen LogP contribution is -2.40. The van der Waals surface area contributed by atoms with Crippen LogP contribution in [-0.2, 0) is 38.7 Å². The van der Waals surface area contributed by atoms with E-state index >= 15 is 0 Å². The van der Waals surface area contributed by atoms with Crippen molar-refractivity contribution >= 4 is 35.1 Å². The van der Waals surface area contributed by atoms with E-state index in [-0.39, 0.29) is 31.6 Å². The van der Waals surface area contributed by atoms with Crippen LogP contribution in [0.15, 0.2) is 72.8 Å². The van der Waals surface area contributed by atoms with Crippen molar-refractivity contribution in [2.45, 2.75) is 52.4 Å². The van der Waals surface area contributed by atoms with Crippen LogP contribution in [0.5, 0.6) is 0 Å². The minimum Gasteiger partial charge on any atom is -0.461 e. The Morgan fingerprint density at radius 3 is 2.14 bits per heavy atom. The summed E-state index contributed by atoms with van der Waals surface area (Å²) in [6.07, 6.45) is 1.44. The Hall–Kier alpha value is -2.86. The number of carbonyl (C=O) groups is 2. The quantitative estimate of drug-likeness (QED) is 0.242. The summed E-state index contributed by atoms with van der Waals surface area (Å²) in [5.74, 6) is -0.354. The number of rotatable bonds is 13. The molecule has 3 rings (SSSR count). The zero-order valence-electron chi connectivity index (χ0n) is 21.2. The summed E-state index contributed by atoms with van der Waals surface area (Å²) < 4.78 is 11.0. The van der Waals surface area contributed by atoms with Crippen LogP contribution in [0, 0.1) is 5.92 Å². The molecule has 1 N–H and O–H groups in total. The van der Waals surface area contributed by atoms with E-state index in [1.54, 1.807) is 6.07 Å². The Kier molecular flexibility index (Phi) is 11.5. The molecule has 196 valence electrons. The number of halogens is 2. The third-order valence-electron chi connectivity index (χ3n) is 5.66. The molecule has 0 aromatic heterocycles. The minimum absolute atomic E-state index is 0.154. The van der Waals surface area contributed by atoms with Crippen LogP contribution >= 0.6 is 23.2 Å². The Labute approximate surface area is 229 Å². The fourth-order valence-electron chi connectivity index (χ4n) is 3.93. The molecule has 0 aliphatic carbocycles. The number of esters is 2. The standard InChI is InChI=1S/C30H33Cl2NO4/c1-21(2)13-28(30(35)37-19-22-7-4-3-5-8-22)33-12-11-29(34)36-20-24-10-6-9-23(14-24)15-25-16-26(31)18-27(32)17-25/h3-10,14,16-18,21,28,33H,11-13,15,19-20H2,1-2H3/t28-/m0/s1. The van der Waals surface area contributed by atoms with Crippen LogP contribution in [0.4, 0.5) is 0 Å². The number of ether oxygens (including phenoxy) is 2. The van der Waals surface area contributed by atoms with E-state index in [1.807, 2.05) is 80.6 Å². The predicted molar refractivity (Wildman–Crippen MR) is 148 cm³/mol. The molecule has 0 aliphatic heterocycles. The average Bonchev–Trinajstić information content (AvgIpc) is 2.85. The van der Waals surface area contributed by atoms with Crippen molar-refractivity contribution < 1.29 is 19.1 Å². The van der Waals surface area contributed by atoms with Gasteiger partial charge < -0.3 is 14.8 Å². The van der Waals surface area contributed by atoms with Gasteiger partial charge in [-0.25, -0.2) is 0 Å². The summed E-state index contributed by atoms with van der Waals surface area (Å²) in [4.78, 5) is 25.0. The first-order valence-electron chi connectivity index (χ1n) is 12.4. The average molecular weight is 543 g/mol. The number of nitrogens with one attached hydrogen (secondary N) is 1. The third kappa shape index (κ3) is 10.6. The van der Waals surface area contributed by atoms with Gasteiger partial charge in [0.15, 0.2) is 0 Å². The molecule has 0 saturated carbocycles. The summed E-state index contributed by atoms with van der Waals surface area (Å²) in [5, 5.41) is 4.36. The molecule has 0 spiro atoms. The van der Waals surface area contributed by atoms with E-state index < -0.39 is 6.04 Å². The van der Waals surface area contributed by atoms with Gasteiger partial charge in [0, 0.05) is 16.6 Å². The fourth-order valence-corrected chi connectivity index (χ4v) is 4.50. The zero-order valence-corrected chi connectivity index (χ0v) is 22.7. The molecule has 7 heteroatoms. The van der Waals surface area contributed by atoms with Crippen molar-refractivity contribution in [1.82, 2.24) is 5.32 Å². The maximum absolute atomic E-state index is 12.6. The number of hydrogen-bond donors (Lipinski definition) is 1. The minimum atomic E-state index is -0.479. The van der Waals surface area contributed by atoms with Gasteiger partial charge in [0.05, 0.1) is 6.42 Å². The molecular weight excluding hydrogens is 509 g/mol. The third-order valence-corrected chi connectivity index (χ3v) is 6.09. The van der Waals surface area contributed by atoms with Crippen LogP contribution in [0.1, 0.15) is 48.9 Å². The van der Waals surface area contributed by atoms with Gasteiger partial charge in [0.25, 0.3) is 0 Å². The Bertz CT molecular complexity index is 1150. The Balaban J connectivity index is 1.44. The van der Waals surface area contributed by atoms with E-state index in [2.05, 4.69) is 5.32 Å². The Morgan fingerprint density at radius 1 is 0.784 bits per heavy atom. The summed E-state index contributed by atoms with van der Waals surface area (Å²) in [5.41, 5.74) is 3.91. The van der Waals surface area contributed by atoms with Crippen LogP contribution in [0.3, 0.4) is 0 Å². The summed E-state index contributed by atoms with van der Waals surface area (Å²) >= 11 is 12.2. The van der Waals surface area contributed by atoms with Gasteiger partial charge in [-0.1, -0.05) is 91.6 Å². The monoisotopic (exact) mass is 541 g/mol. The van der Waals surface area contributed by atoms with Crippen molar-refractivity contribution in [1.29, 1.82) is 0 Å². The molecule has 0 fully saturated rings. The highest BCUT2D eigenvalue weighted by Gasteiger charge is 2.21. The molecule has 0 saturated heterocycles. The first-order chi connectivity index (χ1) is 17.8. The van der Waals surface area contributed by atoms with Crippen LogP contribution in [0.25, 0.3) is 0 Å². The summed E-state index contributed by atoms with van der Waals surface area (Å²) in [6, 6.07) is 22.4. The number of carbonyl (C=O) groups excluding carboxylic acids is 2. The second kappa shape index (κ2) is 14.8. The molecule has 3 aromatic carbocycles. The van der Waals surface area contributed by atoms with Gasteiger partial charge in [-0.3, -0.25) is 9.59 Å². The highest BCUT2D eigenvalue weighted by atomic mass is 35.5. The normalized spacial score (nSPS) is 11.8. The van der Waals surface area contributed by atoms with Crippen molar-refractivity contribution in [2.24, 2.45) is 5.92 Å². The molecule has 0 heterocycles. The van der Waals surface area contributed by atoms with E-state index in [4.69, 9.17) is 32.7 Å². The van der Waals surface area contributed by atoms with Crippen molar-refractivity contribution in [3.63, 3.8) is 0 Å². The van der Waals surface area contributed by atoms with Crippen LogP contribution in [-0.4, -0.2) is 24.5 Å². The van der Waals surface area contributed by atoms with E-state index in [0.29, 0.717) is 35.3 Å². The van der Waals surface area contributed by atoms with E-state index in [9.17, 15) is 9.59 Å². The van der Waals surface area contributed by atoms with Crippen molar-refractivity contribution in [3.05, 3.63) is 105 Å². The van der Waals surface area contributed by atoms with Crippen molar-refractivity contribution in [3.8, 4) is 0 Å². The lowest BCUT2D eigenvalue weighted by Gasteiger charge is -2.19. The smallest absolute Gasteiger partial charge is 0.323 e. The predicted octanol–water partition coefficient (Wildman–Crippen LogP) is 6.77. The second-order valence-electron chi connectivity index (χ2n) is 9.41. The number of benzene rings is 3. The molecule has 0 unspecified atom stereocenters. The molecule has 3 aromatic rings. The summed E-state index contributed by atoms with van der Waals surface area (Å²) in [6.45, 7) is 4.82. The van der Waals surface area contributed by atoms with Gasteiger partial charge in [-0.2, -0.15) is 0 Å². The van der Waals surface area contributed by atoms with Crippen molar-refractivity contribution in [2.75, 3.05) is 6.54 Å². The Morgan fingerprint density at radius 2 is 1.43 bits per heavy atom. The van der Waals surface area contributed by atoms with Gasteiger partial charge in [-0.15, -0.1) is 0 Å². The summed E-state index contributed by atoms with van der Waals surface area (Å²) in [7, 11) is 0. The fraction of sp³-hybridized carbons (Fsp3) is 0.333. The molecule has 0 amide bonds. The molecule has 0 radical (unpaired) electrons. The first kappa shape index (κ1) is 28.7. The molecule has 0 bridgehead atoms. The van der Waals surface area contributed by atoms with Gasteiger partial charge in [0.2, 0.25) is 0 Å². The van der Waals surface area contributed by atoms with Crippen LogP contribution in [0.2, 0.25) is 10.0 Å². The van der Waals surface area contributed by atoms with Gasteiger partial charge >= 0.3 is 11.9 Å². The first-order valence-corrected chi connectivity index (χ1v) is 13.2. The lowest BCUT2D eigenvalue weighted by atomic mass is 10.0. The molecule has 5 nitrogen and oxygen atoms in total. The highest BCUT2D eigenvalue weighted by molar-refractivity contribution is 6.34. The molecule has 37 heavy (non-hydrogen) atoms. The SMILES string of the molecule is CC(C)C[C@H](NCCC(=O)OCc1cccc(Cc2cc(Cl)cc(Cl)c2)c1)C(=O)OCc1ccccc1. The van der Waals surface area contributed by atoms with Gasteiger partial charge in [-0.05, 0) is 59.2 Å². The zero-order chi connectivity index (χ0) is 26.6. The van der Waals surface area contributed by atoms with Gasteiger partial charge in [0.1, 0.15) is 19.3 Å². The molecular formula is C30H33Cl2NO4. The largest absolute Gasteiger partial charge is 0.461 e. The maximum atomic E-state index is 12.6. The molecule has 1 atom stereocenters. The molecule has 0 aliphatic rings. The number of hydrogen-bond acceptors (Lipinski definition) is 5. The maximum Gasteiger partial charge on any atom is 0.323 e. The van der Waals surface area contributed by atoms with E-state index in [1.165, 1.54) is 0 Å².